The van der Waals surface area contributed by atoms with Crippen molar-refractivity contribution in [1.29, 1.82) is 0 Å². The second-order valence-corrected chi connectivity index (χ2v) is 7.34. The number of para-hydroxylation sites is 1. The molecule has 7 nitrogen and oxygen atoms in total. The summed E-state index contributed by atoms with van der Waals surface area (Å²) in [6, 6.07) is 17.1. The highest BCUT2D eigenvalue weighted by Crippen LogP contribution is 2.42. The van der Waals surface area contributed by atoms with E-state index in [0.29, 0.717) is 24.8 Å². The molecule has 1 aromatic heterocycles. The number of hydrogen-bond donors (Lipinski definition) is 1. The summed E-state index contributed by atoms with van der Waals surface area (Å²) in [5.74, 6) is 1.13. The molecular weight excluding hydrogens is 410 g/mol. The Hall–Kier alpha value is -3.58. The molecule has 0 spiro atoms. The Labute approximate surface area is 186 Å². The highest BCUT2D eigenvalue weighted by atomic mass is 16.5. The first-order chi connectivity index (χ1) is 15.6. The Kier molecular flexibility index (Phi) is 6.56. The van der Waals surface area contributed by atoms with Gasteiger partial charge in [-0.15, -0.1) is 0 Å². The van der Waals surface area contributed by atoms with Crippen molar-refractivity contribution in [3.05, 3.63) is 71.9 Å². The first kappa shape index (κ1) is 21.6. The lowest BCUT2D eigenvalue weighted by Crippen LogP contribution is -2.11. The van der Waals surface area contributed by atoms with Gasteiger partial charge in [0.1, 0.15) is 18.1 Å². The van der Waals surface area contributed by atoms with Crippen LogP contribution in [0.3, 0.4) is 0 Å². The number of fused-ring (bicyclic) bond motifs is 1. The molecular formula is C25H25NO6. The minimum absolute atomic E-state index is 0.0825. The Bertz CT molecular complexity index is 1060. The van der Waals surface area contributed by atoms with Crippen LogP contribution >= 0.6 is 0 Å². The van der Waals surface area contributed by atoms with E-state index in [4.69, 9.17) is 24.1 Å². The van der Waals surface area contributed by atoms with E-state index in [9.17, 15) is 4.79 Å². The summed E-state index contributed by atoms with van der Waals surface area (Å²) in [5, 5.41) is 9.11. The molecule has 0 amide bonds. The molecule has 32 heavy (non-hydrogen) atoms. The molecule has 0 bridgehead atoms. The van der Waals surface area contributed by atoms with Crippen LogP contribution in [0.5, 0.6) is 17.4 Å². The lowest BCUT2D eigenvalue weighted by molar-refractivity contribution is -0.140. The minimum Gasteiger partial charge on any atom is -0.488 e. The van der Waals surface area contributed by atoms with Gasteiger partial charge in [-0.05, 0) is 30.7 Å². The fourth-order valence-electron chi connectivity index (χ4n) is 3.76. The summed E-state index contributed by atoms with van der Waals surface area (Å²) in [6.07, 6.45) is 0.948. The van der Waals surface area contributed by atoms with Gasteiger partial charge in [-0.2, -0.15) is 0 Å². The topological polar surface area (TPSA) is 87.1 Å². The van der Waals surface area contributed by atoms with Gasteiger partial charge in [0.15, 0.2) is 6.10 Å². The standard InChI is InChI=1S/C25H25NO6/c1-3-30-21(13-24(27)28)16-7-10-18(11-8-16)32-22-15-31-25-19(5-4-6-20(22)25)17-9-12-23(29-2)26-14-17/h4-12,14,21-22H,3,13,15H2,1-2H3,(H,27,28)/t21-,22+/m0/s1. The second-order valence-electron chi connectivity index (χ2n) is 7.34. The van der Waals surface area contributed by atoms with Crippen molar-refractivity contribution in [2.75, 3.05) is 20.3 Å². The van der Waals surface area contributed by atoms with Crippen LogP contribution in [0, 0.1) is 0 Å². The van der Waals surface area contributed by atoms with Gasteiger partial charge in [0, 0.05) is 35.6 Å². The van der Waals surface area contributed by atoms with E-state index in [1.165, 1.54) is 0 Å². The average Bonchev–Trinajstić information content (AvgIpc) is 3.22. The van der Waals surface area contributed by atoms with Crippen molar-refractivity contribution >= 4 is 5.97 Å². The molecule has 0 saturated heterocycles. The molecule has 0 fully saturated rings. The molecule has 2 aromatic carbocycles. The van der Waals surface area contributed by atoms with E-state index in [-0.39, 0.29) is 12.5 Å². The van der Waals surface area contributed by atoms with Crippen LogP contribution in [0.25, 0.3) is 11.1 Å². The van der Waals surface area contributed by atoms with Gasteiger partial charge in [0.05, 0.1) is 19.6 Å². The fourth-order valence-corrected chi connectivity index (χ4v) is 3.76. The summed E-state index contributed by atoms with van der Waals surface area (Å²) in [4.78, 5) is 15.4. The maximum atomic E-state index is 11.1. The molecule has 0 aliphatic carbocycles. The summed E-state index contributed by atoms with van der Waals surface area (Å²) < 4.78 is 22.9. The second kappa shape index (κ2) is 9.70. The Balaban J connectivity index is 1.51. The number of hydrogen-bond acceptors (Lipinski definition) is 6. The number of benzene rings is 2. The van der Waals surface area contributed by atoms with Gasteiger partial charge in [0.25, 0.3) is 0 Å². The molecule has 0 saturated carbocycles. The molecule has 166 valence electrons. The van der Waals surface area contributed by atoms with Crippen molar-refractivity contribution in [3.8, 4) is 28.5 Å². The van der Waals surface area contributed by atoms with E-state index < -0.39 is 12.1 Å². The number of carboxylic acids is 1. The third-order valence-corrected chi connectivity index (χ3v) is 5.29. The quantitative estimate of drug-likeness (QED) is 0.515. The van der Waals surface area contributed by atoms with Crippen molar-refractivity contribution < 1.29 is 28.8 Å². The smallest absolute Gasteiger partial charge is 0.306 e. The van der Waals surface area contributed by atoms with Crippen LogP contribution in [0.15, 0.2) is 60.8 Å². The third-order valence-electron chi connectivity index (χ3n) is 5.29. The number of pyridine rings is 1. The van der Waals surface area contributed by atoms with E-state index in [0.717, 1.165) is 28.0 Å². The highest BCUT2D eigenvalue weighted by molar-refractivity contribution is 5.73. The predicted molar refractivity (Wildman–Crippen MR) is 118 cm³/mol. The molecule has 3 aromatic rings. The number of rotatable bonds is 9. The normalized spacial score (nSPS) is 15.5. The summed E-state index contributed by atoms with van der Waals surface area (Å²) in [5.41, 5.74) is 3.67. The maximum Gasteiger partial charge on any atom is 0.306 e. The first-order valence-corrected chi connectivity index (χ1v) is 10.4. The Morgan fingerprint density at radius 3 is 2.66 bits per heavy atom. The zero-order valence-corrected chi connectivity index (χ0v) is 18.0. The molecule has 2 atom stereocenters. The van der Waals surface area contributed by atoms with Crippen LogP contribution in [0.2, 0.25) is 0 Å². The molecule has 2 heterocycles. The van der Waals surface area contributed by atoms with Crippen molar-refractivity contribution in [3.63, 3.8) is 0 Å². The van der Waals surface area contributed by atoms with Crippen molar-refractivity contribution in [2.24, 2.45) is 0 Å². The lowest BCUT2D eigenvalue weighted by atomic mass is 10.0. The summed E-state index contributed by atoms with van der Waals surface area (Å²) >= 11 is 0. The van der Waals surface area contributed by atoms with Crippen LogP contribution in [0.4, 0.5) is 0 Å². The van der Waals surface area contributed by atoms with Crippen molar-refractivity contribution in [2.45, 2.75) is 25.6 Å². The number of aromatic nitrogens is 1. The van der Waals surface area contributed by atoms with E-state index in [1.54, 1.807) is 13.3 Å². The molecule has 0 radical (unpaired) electrons. The average molecular weight is 435 g/mol. The van der Waals surface area contributed by atoms with Gasteiger partial charge in [-0.25, -0.2) is 4.98 Å². The number of methoxy groups -OCH3 is 1. The molecule has 1 N–H and O–H groups in total. The van der Waals surface area contributed by atoms with Gasteiger partial charge >= 0.3 is 5.97 Å². The Morgan fingerprint density at radius 2 is 2.00 bits per heavy atom. The van der Waals surface area contributed by atoms with Gasteiger partial charge in [-0.1, -0.05) is 30.3 Å². The van der Waals surface area contributed by atoms with Crippen LogP contribution in [-0.4, -0.2) is 36.4 Å². The minimum atomic E-state index is -0.897. The third kappa shape index (κ3) is 4.68. The van der Waals surface area contributed by atoms with Crippen LogP contribution in [-0.2, 0) is 9.53 Å². The van der Waals surface area contributed by atoms with Crippen molar-refractivity contribution in [1.82, 2.24) is 4.98 Å². The van der Waals surface area contributed by atoms with Crippen LogP contribution in [0.1, 0.15) is 36.7 Å². The highest BCUT2D eigenvalue weighted by Gasteiger charge is 2.28. The summed E-state index contributed by atoms with van der Waals surface area (Å²) in [6.45, 7) is 2.69. The van der Waals surface area contributed by atoms with Crippen LogP contribution < -0.4 is 14.2 Å². The van der Waals surface area contributed by atoms with E-state index >= 15 is 0 Å². The lowest BCUT2D eigenvalue weighted by Gasteiger charge is -2.17. The zero-order chi connectivity index (χ0) is 22.5. The van der Waals surface area contributed by atoms with E-state index in [1.807, 2.05) is 61.5 Å². The molecule has 1 aliphatic rings. The first-order valence-electron chi connectivity index (χ1n) is 10.4. The van der Waals surface area contributed by atoms with Gasteiger partial charge in [-0.3, -0.25) is 4.79 Å². The molecule has 4 rings (SSSR count). The number of carbonyl (C=O) groups is 1. The zero-order valence-electron chi connectivity index (χ0n) is 18.0. The number of carboxylic acid groups (broad SMARTS) is 1. The number of ether oxygens (including phenoxy) is 4. The Morgan fingerprint density at radius 1 is 1.19 bits per heavy atom. The molecule has 1 aliphatic heterocycles. The summed E-state index contributed by atoms with van der Waals surface area (Å²) in [7, 11) is 1.59. The number of nitrogens with zero attached hydrogens (tertiary/aromatic N) is 1. The fraction of sp³-hybridized carbons (Fsp3) is 0.280. The van der Waals surface area contributed by atoms with Gasteiger partial charge < -0.3 is 24.1 Å². The predicted octanol–water partition coefficient (Wildman–Crippen LogP) is 4.82. The maximum absolute atomic E-state index is 11.1. The van der Waals surface area contributed by atoms with E-state index in [2.05, 4.69) is 4.98 Å². The molecule has 0 unspecified atom stereocenters. The largest absolute Gasteiger partial charge is 0.488 e. The monoisotopic (exact) mass is 435 g/mol. The molecule has 7 heteroatoms. The van der Waals surface area contributed by atoms with Gasteiger partial charge in [0.2, 0.25) is 5.88 Å². The number of aliphatic carboxylic acids is 1. The SMILES string of the molecule is CCO[C@@H](CC(=O)O)c1ccc(O[C@@H]2COc3c(-c4ccc(OC)nc4)cccc32)cc1.